The van der Waals surface area contributed by atoms with Crippen LogP contribution in [0.4, 0.5) is 0 Å². The van der Waals surface area contributed by atoms with Crippen molar-refractivity contribution in [2.24, 2.45) is 5.73 Å². The van der Waals surface area contributed by atoms with Crippen molar-refractivity contribution in [3.63, 3.8) is 0 Å². The summed E-state index contributed by atoms with van der Waals surface area (Å²) in [4.78, 5) is 45.7. The largest absolute Gasteiger partial charge is 0.459 e. The third-order valence-electron chi connectivity index (χ3n) is 7.12. The maximum absolute atomic E-state index is 13.5. The fraction of sp³-hybridized carbons (Fsp3) is 0.219. The van der Waals surface area contributed by atoms with E-state index in [9.17, 15) is 14.4 Å². The predicted octanol–water partition coefficient (Wildman–Crippen LogP) is 3.49. The minimum absolute atomic E-state index is 0.0953. The van der Waals surface area contributed by atoms with Crippen molar-refractivity contribution in [2.75, 3.05) is 0 Å². The minimum atomic E-state index is -0.972. The summed E-state index contributed by atoms with van der Waals surface area (Å²) in [5.74, 6) is -1.54. The Morgan fingerprint density at radius 1 is 0.756 bits per heavy atom. The molecule has 3 atom stereocenters. The second-order valence-electron chi connectivity index (χ2n) is 10.1. The number of rotatable bonds is 11. The molecule has 0 saturated heterocycles. The van der Waals surface area contributed by atoms with E-state index >= 15 is 0 Å². The SMILES string of the molecule is C[C@H](NC(=O)[C@H](Cc1c[nH]c2ccccc12)NC(=O)[C@@H](N)Cc1c[nH]c2ccccc12)C(=O)OCc1ccccc1. The lowest BCUT2D eigenvalue weighted by molar-refractivity contribution is -0.148. The topological polar surface area (TPSA) is 142 Å². The average molecular weight is 552 g/mol. The maximum Gasteiger partial charge on any atom is 0.328 e. The molecule has 0 aliphatic carbocycles. The Morgan fingerprint density at radius 3 is 1.95 bits per heavy atom. The Bertz CT molecular complexity index is 1660. The summed E-state index contributed by atoms with van der Waals surface area (Å²) in [5.41, 5.74) is 10.8. The highest BCUT2D eigenvalue weighted by Crippen LogP contribution is 2.21. The number of carbonyl (C=O) groups excluding carboxylic acids is 3. The first-order valence-corrected chi connectivity index (χ1v) is 13.6. The van der Waals surface area contributed by atoms with Gasteiger partial charge in [0.15, 0.2) is 0 Å². The number of nitrogens with two attached hydrogens (primary N) is 1. The molecule has 2 aromatic heterocycles. The number of amides is 2. The van der Waals surface area contributed by atoms with Crippen LogP contribution in [0.5, 0.6) is 0 Å². The van der Waals surface area contributed by atoms with Gasteiger partial charge in [-0.1, -0.05) is 66.7 Å². The fourth-order valence-electron chi connectivity index (χ4n) is 4.87. The van der Waals surface area contributed by atoms with Crippen molar-refractivity contribution in [2.45, 2.75) is 44.5 Å². The van der Waals surface area contributed by atoms with Gasteiger partial charge >= 0.3 is 5.97 Å². The summed E-state index contributed by atoms with van der Waals surface area (Å²) < 4.78 is 5.38. The zero-order valence-electron chi connectivity index (χ0n) is 22.7. The van der Waals surface area contributed by atoms with Crippen LogP contribution < -0.4 is 16.4 Å². The van der Waals surface area contributed by atoms with Crippen molar-refractivity contribution < 1.29 is 19.1 Å². The molecule has 0 aliphatic rings. The molecule has 0 fully saturated rings. The predicted molar refractivity (Wildman–Crippen MR) is 158 cm³/mol. The summed E-state index contributed by atoms with van der Waals surface area (Å²) in [6.07, 6.45) is 4.16. The molecular weight excluding hydrogens is 518 g/mol. The number of aromatic amines is 2. The molecule has 9 nitrogen and oxygen atoms in total. The van der Waals surface area contributed by atoms with Gasteiger partial charge in [-0.3, -0.25) is 9.59 Å². The summed E-state index contributed by atoms with van der Waals surface area (Å²) in [7, 11) is 0. The van der Waals surface area contributed by atoms with Crippen LogP contribution in [0.3, 0.4) is 0 Å². The van der Waals surface area contributed by atoms with Gasteiger partial charge in [0.1, 0.15) is 18.7 Å². The van der Waals surface area contributed by atoms with Crippen LogP contribution in [0.2, 0.25) is 0 Å². The number of esters is 1. The number of H-pyrrole nitrogens is 2. The average Bonchev–Trinajstić information content (AvgIpc) is 3.60. The van der Waals surface area contributed by atoms with Gasteiger partial charge in [0.05, 0.1) is 6.04 Å². The highest BCUT2D eigenvalue weighted by atomic mass is 16.5. The molecule has 5 rings (SSSR count). The van der Waals surface area contributed by atoms with E-state index in [1.54, 1.807) is 6.92 Å². The van der Waals surface area contributed by atoms with E-state index in [0.29, 0.717) is 6.42 Å². The lowest BCUT2D eigenvalue weighted by atomic mass is 10.0. The van der Waals surface area contributed by atoms with Gasteiger partial charge in [-0.15, -0.1) is 0 Å². The van der Waals surface area contributed by atoms with Crippen LogP contribution >= 0.6 is 0 Å². The Labute approximate surface area is 237 Å². The number of fused-ring (bicyclic) bond motifs is 2. The maximum atomic E-state index is 13.5. The van der Waals surface area contributed by atoms with E-state index < -0.39 is 35.9 Å². The quantitative estimate of drug-likeness (QED) is 0.160. The Morgan fingerprint density at radius 2 is 1.32 bits per heavy atom. The van der Waals surface area contributed by atoms with Gasteiger partial charge in [0.2, 0.25) is 11.8 Å². The molecule has 0 spiro atoms. The fourth-order valence-corrected chi connectivity index (χ4v) is 4.87. The Balaban J connectivity index is 1.28. The number of ether oxygens (including phenoxy) is 1. The van der Waals surface area contributed by atoms with Gasteiger partial charge in [-0.25, -0.2) is 4.79 Å². The molecule has 9 heteroatoms. The van der Waals surface area contributed by atoms with Gasteiger partial charge < -0.3 is 31.1 Å². The van der Waals surface area contributed by atoms with Crippen LogP contribution in [0.1, 0.15) is 23.6 Å². The van der Waals surface area contributed by atoms with Crippen LogP contribution in [0, 0.1) is 0 Å². The van der Waals surface area contributed by atoms with Crippen molar-refractivity contribution in [3.05, 3.63) is 108 Å². The molecule has 3 aromatic carbocycles. The highest BCUT2D eigenvalue weighted by molar-refractivity contribution is 5.93. The molecule has 5 aromatic rings. The smallest absolute Gasteiger partial charge is 0.328 e. The minimum Gasteiger partial charge on any atom is -0.459 e. The third kappa shape index (κ3) is 6.64. The van der Waals surface area contributed by atoms with E-state index in [1.165, 1.54) is 0 Å². The number of benzene rings is 3. The highest BCUT2D eigenvalue weighted by Gasteiger charge is 2.28. The van der Waals surface area contributed by atoms with Crippen LogP contribution in [0.15, 0.2) is 91.3 Å². The van der Waals surface area contributed by atoms with Crippen molar-refractivity contribution in [3.8, 4) is 0 Å². The molecule has 0 radical (unpaired) electrons. The molecule has 0 aliphatic heterocycles. The zero-order chi connectivity index (χ0) is 28.8. The van der Waals surface area contributed by atoms with Gasteiger partial charge in [-0.2, -0.15) is 0 Å². The summed E-state index contributed by atoms with van der Waals surface area (Å²) in [5, 5.41) is 7.47. The number of hydrogen-bond acceptors (Lipinski definition) is 5. The van der Waals surface area contributed by atoms with Crippen LogP contribution in [-0.2, 0) is 38.6 Å². The monoisotopic (exact) mass is 551 g/mol. The van der Waals surface area contributed by atoms with Crippen molar-refractivity contribution in [1.82, 2.24) is 20.6 Å². The molecule has 6 N–H and O–H groups in total. The molecular formula is C32H33N5O4. The molecule has 210 valence electrons. The van der Waals surface area contributed by atoms with Crippen LogP contribution in [0.25, 0.3) is 21.8 Å². The summed E-state index contributed by atoms with van der Waals surface area (Å²) >= 11 is 0. The third-order valence-corrected chi connectivity index (χ3v) is 7.12. The number of carbonyl (C=O) groups is 3. The lowest BCUT2D eigenvalue weighted by Crippen LogP contribution is -2.55. The number of hydrogen-bond donors (Lipinski definition) is 5. The molecule has 2 heterocycles. The second-order valence-corrected chi connectivity index (χ2v) is 10.1. The zero-order valence-corrected chi connectivity index (χ0v) is 22.7. The summed E-state index contributed by atoms with van der Waals surface area (Å²) in [6, 6.07) is 22.0. The number of nitrogens with one attached hydrogen (secondary N) is 4. The first-order chi connectivity index (χ1) is 19.9. The van der Waals surface area contributed by atoms with Crippen molar-refractivity contribution in [1.29, 1.82) is 0 Å². The lowest BCUT2D eigenvalue weighted by Gasteiger charge is -2.22. The van der Waals surface area contributed by atoms with E-state index in [0.717, 1.165) is 38.5 Å². The molecule has 41 heavy (non-hydrogen) atoms. The van der Waals surface area contributed by atoms with E-state index in [2.05, 4.69) is 20.6 Å². The second kappa shape index (κ2) is 12.5. The standard InChI is InChI=1S/C32H33N5O4/c1-20(32(40)41-19-21-9-3-2-4-10-21)36-31(39)29(16-23-18-35-28-14-8-6-12-25(23)28)37-30(38)26(33)15-22-17-34-27-13-7-5-11-24(22)27/h2-14,17-18,20,26,29,34-35H,15-16,19,33H2,1H3,(H,36,39)(H,37,38)/t20-,26-,29-/m0/s1. The number of aromatic nitrogens is 2. The van der Waals surface area contributed by atoms with Gasteiger partial charge in [0.25, 0.3) is 0 Å². The van der Waals surface area contributed by atoms with E-state index in [-0.39, 0.29) is 13.0 Å². The van der Waals surface area contributed by atoms with Gasteiger partial charge in [0, 0.05) is 40.6 Å². The molecule has 2 amide bonds. The first kappa shape index (κ1) is 27.7. The number of para-hydroxylation sites is 2. The van der Waals surface area contributed by atoms with Gasteiger partial charge in [-0.05, 0) is 42.2 Å². The molecule has 0 saturated carbocycles. The Hall–Kier alpha value is -4.89. The molecule has 0 bridgehead atoms. The molecule has 0 unspecified atom stereocenters. The van der Waals surface area contributed by atoms with E-state index in [4.69, 9.17) is 10.5 Å². The van der Waals surface area contributed by atoms with Crippen LogP contribution in [-0.4, -0.2) is 45.9 Å². The van der Waals surface area contributed by atoms with Crippen molar-refractivity contribution >= 4 is 39.6 Å². The normalized spacial score (nSPS) is 13.4. The first-order valence-electron chi connectivity index (χ1n) is 13.6. The summed E-state index contributed by atoms with van der Waals surface area (Å²) in [6.45, 7) is 1.65. The Kier molecular flexibility index (Phi) is 8.45. The van der Waals surface area contributed by atoms with E-state index in [1.807, 2.05) is 91.3 Å².